The fraction of sp³-hybridized carbons (Fsp3) is 0.300. The minimum atomic E-state index is -0.0712. The number of carbonyl (C=O) groups excluding carboxylic acids is 1. The Morgan fingerprint density at radius 3 is 2.77 bits per heavy atom. The van der Waals surface area contributed by atoms with E-state index in [4.69, 9.17) is 16.3 Å². The van der Waals surface area contributed by atoms with Gasteiger partial charge in [-0.2, -0.15) is 0 Å². The van der Waals surface area contributed by atoms with E-state index in [1.54, 1.807) is 19.2 Å². The van der Waals surface area contributed by atoms with E-state index in [-0.39, 0.29) is 11.7 Å². The van der Waals surface area contributed by atoms with Crippen molar-refractivity contribution in [3.05, 3.63) is 29.3 Å². The lowest BCUT2D eigenvalue weighted by Crippen LogP contribution is -2.03. The average molecular weight is 199 g/mol. The molecule has 0 atom stereocenters. The van der Waals surface area contributed by atoms with Gasteiger partial charge in [-0.3, -0.25) is 4.79 Å². The Balaban J connectivity index is 3.15. The molecule has 1 aromatic carbocycles. The summed E-state index contributed by atoms with van der Waals surface area (Å²) in [4.78, 5) is 11.3. The monoisotopic (exact) mass is 198 g/mol. The molecule has 0 aliphatic carbocycles. The zero-order valence-corrected chi connectivity index (χ0v) is 8.39. The van der Waals surface area contributed by atoms with Crippen LogP contribution in [0.25, 0.3) is 0 Å². The third-order valence-electron chi connectivity index (χ3n) is 1.93. The Morgan fingerprint density at radius 2 is 2.23 bits per heavy atom. The lowest BCUT2D eigenvalue weighted by molar-refractivity contribution is 0.102. The standard InChI is InChI=1S/C10H11ClO2/c1-7-8(9(12)6-11)4-3-5-10(7)13-2/h3-5H,6H2,1-2H3. The normalized spacial score (nSPS) is 9.77. The molecule has 1 aromatic rings. The van der Waals surface area contributed by atoms with Gasteiger partial charge in [0.25, 0.3) is 0 Å². The minimum absolute atomic E-state index is 0.00794. The van der Waals surface area contributed by atoms with E-state index >= 15 is 0 Å². The first-order valence-electron chi connectivity index (χ1n) is 3.93. The molecule has 2 nitrogen and oxygen atoms in total. The fourth-order valence-corrected chi connectivity index (χ4v) is 1.35. The quantitative estimate of drug-likeness (QED) is 0.551. The highest BCUT2D eigenvalue weighted by Crippen LogP contribution is 2.21. The molecule has 0 saturated heterocycles. The van der Waals surface area contributed by atoms with Crippen LogP contribution < -0.4 is 4.74 Å². The molecule has 0 N–H and O–H groups in total. The van der Waals surface area contributed by atoms with Crippen LogP contribution in [0.4, 0.5) is 0 Å². The highest BCUT2D eigenvalue weighted by molar-refractivity contribution is 6.30. The van der Waals surface area contributed by atoms with Gasteiger partial charge >= 0.3 is 0 Å². The predicted molar refractivity (Wildman–Crippen MR) is 52.8 cm³/mol. The maximum Gasteiger partial charge on any atom is 0.177 e. The number of hydrogen-bond acceptors (Lipinski definition) is 2. The van der Waals surface area contributed by atoms with Gasteiger partial charge in [0, 0.05) is 11.1 Å². The number of ether oxygens (including phenoxy) is 1. The number of benzene rings is 1. The molecule has 0 spiro atoms. The van der Waals surface area contributed by atoms with Gasteiger partial charge in [-0.15, -0.1) is 11.6 Å². The first kappa shape index (κ1) is 10.1. The Morgan fingerprint density at radius 1 is 1.54 bits per heavy atom. The maximum atomic E-state index is 11.3. The van der Waals surface area contributed by atoms with Crippen molar-refractivity contribution < 1.29 is 9.53 Å². The SMILES string of the molecule is COc1cccc(C(=O)CCl)c1C. The second-order valence-electron chi connectivity index (χ2n) is 2.69. The van der Waals surface area contributed by atoms with E-state index in [1.807, 2.05) is 13.0 Å². The van der Waals surface area contributed by atoms with E-state index in [0.29, 0.717) is 5.56 Å². The van der Waals surface area contributed by atoms with Crippen LogP contribution >= 0.6 is 11.6 Å². The molecule has 13 heavy (non-hydrogen) atoms. The van der Waals surface area contributed by atoms with Crippen molar-refractivity contribution in [3.63, 3.8) is 0 Å². The van der Waals surface area contributed by atoms with E-state index < -0.39 is 0 Å². The molecular weight excluding hydrogens is 188 g/mol. The van der Waals surface area contributed by atoms with Gasteiger partial charge in [-0.05, 0) is 13.0 Å². The molecule has 0 unspecified atom stereocenters. The summed E-state index contributed by atoms with van der Waals surface area (Å²) in [7, 11) is 1.58. The molecule has 0 amide bonds. The van der Waals surface area contributed by atoms with Gasteiger partial charge < -0.3 is 4.74 Å². The molecule has 70 valence electrons. The van der Waals surface area contributed by atoms with Crippen molar-refractivity contribution in [2.75, 3.05) is 13.0 Å². The Hall–Kier alpha value is -1.02. The zero-order chi connectivity index (χ0) is 9.84. The highest BCUT2D eigenvalue weighted by Gasteiger charge is 2.10. The third-order valence-corrected chi connectivity index (χ3v) is 2.17. The van der Waals surface area contributed by atoms with Crippen LogP contribution in [0.3, 0.4) is 0 Å². The number of ketones is 1. The molecule has 0 radical (unpaired) electrons. The van der Waals surface area contributed by atoms with E-state index in [0.717, 1.165) is 11.3 Å². The van der Waals surface area contributed by atoms with Crippen molar-refractivity contribution in [2.45, 2.75) is 6.92 Å². The molecule has 0 fully saturated rings. The summed E-state index contributed by atoms with van der Waals surface area (Å²) < 4.78 is 5.08. The lowest BCUT2D eigenvalue weighted by atomic mass is 10.0. The molecule has 0 aliphatic rings. The molecular formula is C10H11ClO2. The van der Waals surface area contributed by atoms with E-state index in [1.165, 1.54) is 0 Å². The number of methoxy groups -OCH3 is 1. The van der Waals surface area contributed by atoms with Crippen LogP contribution in [0.1, 0.15) is 15.9 Å². The van der Waals surface area contributed by atoms with Crippen molar-refractivity contribution in [2.24, 2.45) is 0 Å². The first-order valence-corrected chi connectivity index (χ1v) is 4.47. The Bertz CT molecular complexity index is 321. The smallest absolute Gasteiger partial charge is 0.177 e. The number of carbonyl (C=O) groups is 1. The highest BCUT2D eigenvalue weighted by atomic mass is 35.5. The predicted octanol–water partition coefficient (Wildman–Crippen LogP) is 2.43. The summed E-state index contributed by atoms with van der Waals surface area (Å²) in [5.41, 5.74) is 1.48. The van der Waals surface area contributed by atoms with Crippen LogP contribution in [0.2, 0.25) is 0 Å². The summed E-state index contributed by atoms with van der Waals surface area (Å²) in [5, 5.41) is 0. The van der Waals surface area contributed by atoms with Crippen molar-refractivity contribution in [3.8, 4) is 5.75 Å². The summed E-state index contributed by atoms with van der Waals surface area (Å²) in [6, 6.07) is 5.36. The summed E-state index contributed by atoms with van der Waals surface area (Å²) in [6.45, 7) is 1.85. The fourth-order valence-electron chi connectivity index (χ4n) is 1.21. The molecule has 0 aromatic heterocycles. The number of rotatable bonds is 3. The number of Topliss-reactive ketones (excluding diaryl/α,β-unsaturated/α-hetero) is 1. The van der Waals surface area contributed by atoms with Gasteiger partial charge in [-0.1, -0.05) is 12.1 Å². The molecule has 3 heteroatoms. The number of hydrogen-bond donors (Lipinski definition) is 0. The van der Waals surface area contributed by atoms with Gasteiger partial charge in [-0.25, -0.2) is 0 Å². The largest absolute Gasteiger partial charge is 0.496 e. The van der Waals surface area contributed by atoms with Crippen molar-refractivity contribution >= 4 is 17.4 Å². The lowest BCUT2D eigenvalue weighted by Gasteiger charge is -2.07. The number of alkyl halides is 1. The van der Waals surface area contributed by atoms with Crippen LogP contribution in [-0.4, -0.2) is 18.8 Å². The third kappa shape index (κ3) is 2.01. The average Bonchev–Trinajstić information content (AvgIpc) is 2.17. The molecule has 1 rings (SSSR count). The molecule has 0 bridgehead atoms. The molecule has 0 heterocycles. The van der Waals surface area contributed by atoms with Crippen LogP contribution in [0.5, 0.6) is 5.75 Å². The zero-order valence-electron chi connectivity index (χ0n) is 7.63. The first-order chi connectivity index (χ1) is 6.20. The van der Waals surface area contributed by atoms with Crippen LogP contribution in [0.15, 0.2) is 18.2 Å². The Kier molecular flexibility index (Phi) is 3.32. The van der Waals surface area contributed by atoms with Crippen LogP contribution in [-0.2, 0) is 0 Å². The minimum Gasteiger partial charge on any atom is -0.496 e. The van der Waals surface area contributed by atoms with Crippen molar-refractivity contribution in [1.82, 2.24) is 0 Å². The summed E-state index contributed by atoms with van der Waals surface area (Å²) >= 11 is 5.46. The number of halogens is 1. The van der Waals surface area contributed by atoms with Crippen molar-refractivity contribution in [1.29, 1.82) is 0 Å². The summed E-state index contributed by atoms with van der Waals surface area (Å²) in [5.74, 6) is 0.655. The summed E-state index contributed by atoms with van der Waals surface area (Å²) in [6.07, 6.45) is 0. The second kappa shape index (κ2) is 4.28. The van der Waals surface area contributed by atoms with E-state index in [2.05, 4.69) is 0 Å². The van der Waals surface area contributed by atoms with Gasteiger partial charge in [0.2, 0.25) is 0 Å². The van der Waals surface area contributed by atoms with Gasteiger partial charge in [0.05, 0.1) is 13.0 Å². The maximum absolute atomic E-state index is 11.3. The molecule has 0 saturated carbocycles. The molecule has 0 aliphatic heterocycles. The van der Waals surface area contributed by atoms with Crippen LogP contribution in [0, 0.1) is 6.92 Å². The topological polar surface area (TPSA) is 26.3 Å². The van der Waals surface area contributed by atoms with E-state index in [9.17, 15) is 4.79 Å². The second-order valence-corrected chi connectivity index (χ2v) is 2.96. The Labute approximate surface area is 82.5 Å². The van der Waals surface area contributed by atoms with Gasteiger partial charge in [0.1, 0.15) is 5.75 Å². The van der Waals surface area contributed by atoms with Gasteiger partial charge in [0.15, 0.2) is 5.78 Å².